The normalized spacial score (nSPS) is 10.5. The van der Waals surface area contributed by atoms with E-state index in [0.717, 1.165) is 22.3 Å². The van der Waals surface area contributed by atoms with Crippen molar-refractivity contribution < 1.29 is 18.0 Å². The number of hydrogen-bond donors (Lipinski definition) is 0. The summed E-state index contributed by atoms with van der Waals surface area (Å²) in [5, 5.41) is 0. The average Bonchev–Trinajstić information content (AvgIpc) is 2.71. The van der Waals surface area contributed by atoms with Gasteiger partial charge in [-0.15, -0.1) is 6.58 Å². The van der Waals surface area contributed by atoms with Crippen molar-refractivity contribution in [1.29, 1.82) is 0 Å². The van der Waals surface area contributed by atoms with Gasteiger partial charge in [0.05, 0.1) is 0 Å². The Morgan fingerprint density at radius 3 is 2.17 bits per heavy atom. The van der Waals surface area contributed by atoms with E-state index < -0.39 is 28.9 Å². The number of benzene rings is 3. The van der Waals surface area contributed by atoms with E-state index in [4.69, 9.17) is 0 Å². The summed E-state index contributed by atoms with van der Waals surface area (Å²) < 4.78 is 41.6. The van der Waals surface area contributed by atoms with Gasteiger partial charge in [-0.1, -0.05) is 54.6 Å². The van der Waals surface area contributed by atoms with E-state index >= 15 is 0 Å². The molecule has 0 spiro atoms. The van der Waals surface area contributed by atoms with Crippen LogP contribution in [0.4, 0.5) is 18.9 Å². The third-order valence-corrected chi connectivity index (χ3v) is 4.65. The van der Waals surface area contributed by atoms with E-state index in [2.05, 4.69) is 13.2 Å². The smallest absolute Gasteiger partial charge is 0.264 e. The Hall–Kier alpha value is -3.60. The Balaban J connectivity index is 2.01. The number of hydrogen-bond acceptors (Lipinski definition) is 1. The summed E-state index contributed by atoms with van der Waals surface area (Å²) >= 11 is 0. The second kappa shape index (κ2) is 8.82. The van der Waals surface area contributed by atoms with E-state index in [1.54, 1.807) is 18.2 Å². The van der Waals surface area contributed by atoms with Crippen molar-refractivity contribution in [2.24, 2.45) is 0 Å². The van der Waals surface area contributed by atoms with Crippen molar-refractivity contribution in [1.82, 2.24) is 0 Å². The number of amides is 1. The fourth-order valence-corrected chi connectivity index (χ4v) is 3.12. The molecule has 3 rings (SSSR count). The highest BCUT2D eigenvalue weighted by atomic mass is 19.1. The van der Waals surface area contributed by atoms with Crippen LogP contribution in [0.2, 0.25) is 0 Å². The van der Waals surface area contributed by atoms with Gasteiger partial charge in [-0.25, -0.2) is 13.2 Å². The van der Waals surface area contributed by atoms with Crippen LogP contribution in [0.3, 0.4) is 0 Å². The Labute approximate surface area is 173 Å². The van der Waals surface area contributed by atoms with Gasteiger partial charge in [0.15, 0.2) is 0 Å². The van der Waals surface area contributed by atoms with Crippen molar-refractivity contribution in [2.45, 2.75) is 6.92 Å². The van der Waals surface area contributed by atoms with Crippen LogP contribution in [-0.4, -0.2) is 12.5 Å². The van der Waals surface area contributed by atoms with Crippen LogP contribution >= 0.6 is 0 Å². The van der Waals surface area contributed by atoms with Crippen molar-refractivity contribution >= 4 is 17.2 Å². The zero-order valence-electron chi connectivity index (χ0n) is 16.5. The van der Waals surface area contributed by atoms with Crippen LogP contribution in [0.25, 0.3) is 16.7 Å². The number of rotatable bonds is 6. The van der Waals surface area contributed by atoms with E-state index in [-0.39, 0.29) is 6.54 Å². The molecule has 2 nitrogen and oxygen atoms in total. The summed E-state index contributed by atoms with van der Waals surface area (Å²) in [7, 11) is 0. The minimum atomic E-state index is -1.25. The molecule has 0 aliphatic carbocycles. The number of halogens is 3. The van der Waals surface area contributed by atoms with Crippen molar-refractivity contribution in [3.8, 4) is 11.1 Å². The molecule has 3 aromatic rings. The van der Waals surface area contributed by atoms with Crippen LogP contribution in [0.15, 0.2) is 79.9 Å². The molecule has 0 saturated heterocycles. The number of allylic oxidation sites excluding steroid dienone is 1. The molecule has 5 heteroatoms. The molecule has 0 radical (unpaired) electrons. The molecule has 3 aromatic carbocycles. The summed E-state index contributed by atoms with van der Waals surface area (Å²) in [6, 6.07) is 15.8. The van der Waals surface area contributed by atoms with Gasteiger partial charge in [0.2, 0.25) is 0 Å². The van der Waals surface area contributed by atoms with E-state index in [0.29, 0.717) is 17.8 Å². The molecule has 0 fully saturated rings. The van der Waals surface area contributed by atoms with Crippen molar-refractivity contribution in [3.05, 3.63) is 108 Å². The molecule has 0 unspecified atom stereocenters. The van der Waals surface area contributed by atoms with Gasteiger partial charge in [-0.2, -0.15) is 0 Å². The number of nitrogens with zero attached hydrogens (tertiary/aromatic N) is 1. The Bertz CT molecular complexity index is 1100. The first-order chi connectivity index (χ1) is 14.3. The monoisotopic (exact) mass is 407 g/mol. The molecule has 0 atom stereocenters. The lowest BCUT2D eigenvalue weighted by Gasteiger charge is -2.22. The maximum Gasteiger partial charge on any atom is 0.264 e. The molecule has 0 N–H and O–H groups in total. The summed E-state index contributed by atoms with van der Waals surface area (Å²) in [6.07, 6.45) is 1.45. The molecular formula is C25H20F3NO. The lowest BCUT2D eigenvalue weighted by molar-refractivity contribution is 0.0981. The fraction of sp³-hybridized carbons (Fsp3) is 0.0800. The van der Waals surface area contributed by atoms with Gasteiger partial charge in [0, 0.05) is 24.4 Å². The van der Waals surface area contributed by atoms with Gasteiger partial charge in [-0.05, 0) is 35.7 Å². The molecule has 0 aliphatic rings. The van der Waals surface area contributed by atoms with Crippen LogP contribution < -0.4 is 4.90 Å². The lowest BCUT2D eigenvalue weighted by Crippen LogP contribution is -2.32. The summed E-state index contributed by atoms with van der Waals surface area (Å²) in [4.78, 5) is 14.1. The predicted octanol–water partition coefficient (Wildman–Crippen LogP) is 6.64. The van der Waals surface area contributed by atoms with Crippen LogP contribution in [0.1, 0.15) is 22.8 Å². The highest BCUT2D eigenvalue weighted by Crippen LogP contribution is 2.28. The second-order valence-corrected chi connectivity index (χ2v) is 6.86. The van der Waals surface area contributed by atoms with E-state index in [1.807, 2.05) is 37.3 Å². The molecule has 0 aliphatic heterocycles. The van der Waals surface area contributed by atoms with E-state index in [1.165, 1.54) is 11.0 Å². The molecular weight excluding hydrogens is 387 g/mol. The molecule has 0 bridgehead atoms. The highest BCUT2D eigenvalue weighted by molar-refractivity contribution is 6.07. The summed E-state index contributed by atoms with van der Waals surface area (Å²) in [5.74, 6) is -4.51. The van der Waals surface area contributed by atoms with Crippen molar-refractivity contribution in [3.63, 3.8) is 0 Å². The number of carbonyl (C=O) groups is 1. The van der Waals surface area contributed by atoms with Crippen LogP contribution in [0.5, 0.6) is 0 Å². The molecule has 30 heavy (non-hydrogen) atoms. The standard InChI is InChI=1S/C25H20F3NO/c1-4-12-29(25(30)24-22(27)14-20(26)15-23(24)28)21-7-5-6-19(13-21)18-10-8-17(9-11-18)16(2)3/h4-11,13-15H,1-2,12H2,3H3. The minimum absolute atomic E-state index is 0.0210. The first-order valence-electron chi connectivity index (χ1n) is 9.25. The maximum absolute atomic E-state index is 14.2. The molecule has 152 valence electrons. The largest absolute Gasteiger partial charge is 0.304 e. The topological polar surface area (TPSA) is 20.3 Å². The number of anilines is 1. The fourth-order valence-electron chi connectivity index (χ4n) is 3.12. The summed E-state index contributed by atoms with van der Waals surface area (Å²) in [6.45, 7) is 9.47. The lowest BCUT2D eigenvalue weighted by atomic mass is 10.0. The average molecular weight is 407 g/mol. The Kier molecular flexibility index (Phi) is 6.21. The zero-order chi connectivity index (χ0) is 21.8. The molecule has 0 saturated carbocycles. The van der Waals surface area contributed by atoms with Gasteiger partial charge in [-0.3, -0.25) is 4.79 Å². The Morgan fingerprint density at radius 1 is 0.967 bits per heavy atom. The molecule has 0 heterocycles. The first kappa shape index (κ1) is 21.1. The quantitative estimate of drug-likeness (QED) is 0.420. The second-order valence-electron chi connectivity index (χ2n) is 6.86. The van der Waals surface area contributed by atoms with Gasteiger partial charge >= 0.3 is 0 Å². The molecule has 0 aromatic heterocycles. The van der Waals surface area contributed by atoms with Gasteiger partial charge in [0.25, 0.3) is 5.91 Å². The highest BCUT2D eigenvalue weighted by Gasteiger charge is 2.25. The van der Waals surface area contributed by atoms with Crippen LogP contribution in [-0.2, 0) is 0 Å². The number of carbonyl (C=O) groups excluding carboxylic acids is 1. The van der Waals surface area contributed by atoms with Gasteiger partial charge in [0.1, 0.15) is 23.0 Å². The molecule has 1 amide bonds. The SMILES string of the molecule is C=CCN(C(=O)c1c(F)cc(F)cc1F)c1cccc(-c2ccc(C(=C)C)cc2)c1. The van der Waals surface area contributed by atoms with Crippen molar-refractivity contribution in [2.75, 3.05) is 11.4 Å². The predicted molar refractivity (Wildman–Crippen MR) is 115 cm³/mol. The first-order valence-corrected chi connectivity index (χ1v) is 9.25. The third-order valence-electron chi connectivity index (χ3n) is 4.65. The van der Waals surface area contributed by atoms with Crippen LogP contribution in [0, 0.1) is 17.5 Å². The third kappa shape index (κ3) is 4.35. The minimum Gasteiger partial charge on any atom is -0.304 e. The van der Waals surface area contributed by atoms with E-state index in [9.17, 15) is 18.0 Å². The zero-order valence-corrected chi connectivity index (χ0v) is 16.5. The maximum atomic E-state index is 14.2. The van der Waals surface area contributed by atoms with Gasteiger partial charge < -0.3 is 4.90 Å². The summed E-state index contributed by atoms with van der Waals surface area (Å²) in [5.41, 5.74) is 3.32. The Morgan fingerprint density at radius 2 is 1.60 bits per heavy atom.